The number of fused-ring (bicyclic) bond motifs is 1. The van der Waals surface area contributed by atoms with Crippen LogP contribution < -0.4 is 0 Å². The van der Waals surface area contributed by atoms with Gasteiger partial charge in [0.1, 0.15) is 0 Å². The number of hydrogen-bond donors (Lipinski definition) is 0. The molecule has 0 saturated carbocycles. The summed E-state index contributed by atoms with van der Waals surface area (Å²) in [5.41, 5.74) is 2.56. The minimum atomic E-state index is -0.195. The third kappa shape index (κ3) is 3.82. The van der Waals surface area contributed by atoms with Crippen LogP contribution in [0.2, 0.25) is 0 Å². The molecule has 2 rings (SSSR count). The summed E-state index contributed by atoms with van der Waals surface area (Å²) >= 11 is 0. The van der Waals surface area contributed by atoms with Crippen molar-refractivity contribution >= 4 is 0 Å². The molecule has 0 aromatic heterocycles. The maximum atomic E-state index is 9.60. The average Bonchev–Trinajstić information content (AvgIpc) is 2.50. The Balaban J connectivity index is 1.84. The van der Waals surface area contributed by atoms with Gasteiger partial charge in [0.05, 0.1) is 24.7 Å². The zero-order valence-corrected chi connectivity index (χ0v) is 12.2. The lowest BCUT2D eigenvalue weighted by Crippen LogP contribution is -2.28. The molecular formula is C17H23NO2. The van der Waals surface area contributed by atoms with Crippen molar-refractivity contribution < 1.29 is 9.47 Å². The topological polar surface area (TPSA) is 42.2 Å². The highest BCUT2D eigenvalue weighted by molar-refractivity contribution is 5.32. The summed E-state index contributed by atoms with van der Waals surface area (Å²) in [6.07, 6.45) is 4.74. The molecule has 20 heavy (non-hydrogen) atoms. The van der Waals surface area contributed by atoms with Gasteiger partial charge in [-0.05, 0) is 43.2 Å². The fraction of sp³-hybridized carbons (Fsp3) is 0.588. The predicted molar refractivity (Wildman–Crippen MR) is 78.4 cm³/mol. The predicted octanol–water partition coefficient (Wildman–Crippen LogP) is 3.13. The van der Waals surface area contributed by atoms with Crippen LogP contribution in [-0.2, 0) is 22.3 Å². The lowest BCUT2D eigenvalue weighted by Gasteiger charge is -2.32. The number of methoxy groups -OCH3 is 1. The van der Waals surface area contributed by atoms with Crippen molar-refractivity contribution in [3.8, 4) is 6.07 Å². The largest absolute Gasteiger partial charge is 0.382 e. The van der Waals surface area contributed by atoms with E-state index in [1.807, 2.05) is 0 Å². The monoisotopic (exact) mass is 273 g/mol. The number of benzene rings is 1. The van der Waals surface area contributed by atoms with Crippen LogP contribution in [0.4, 0.5) is 0 Å². The SMILES string of the molecule is COCCOCCCC1(C#N)CCc2ccccc2C1. The highest BCUT2D eigenvalue weighted by Crippen LogP contribution is 2.38. The van der Waals surface area contributed by atoms with Gasteiger partial charge in [-0.25, -0.2) is 0 Å². The third-order valence-electron chi connectivity index (χ3n) is 4.13. The Labute approximate surface area is 121 Å². The van der Waals surface area contributed by atoms with E-state index in [0.29, 0.717) is 19.8 Å². The first-order chi connectivity index (χ1) is 9.79. The molecule has 0 bridgehead atoms. The molecule has 0 N–H and O–H groups in total. The maximum Gasteiger partial charge on any atom is 0.0700 e. The lowest BCUT2D eigenvalue weighted by molar-refractivity contribution is 0.0650. The second kappa shape index (κ2) is 7.42. The fourth-order valence-electron chi connectivity index (χ4n) is 2.92. The van der Waals surface area contributed by atoms with Crippen molar-refractivity contribution in [2.75, 3.05) is 26.9 Å². The van der Waals surface area contributed by atoms with Gasteiger partial charge >= 0.3 is 0 Å². The summed E-state index contributed by atoms with van der Waals surface area (Å²) in [6, 6.07) is 11.1. The van der Waals surface area contributed by atoms with E-state index in [0.717, 1.165) is 32.1 Å². The molecule has 0 radical (unpaired) electrons. The minimum Gasteiger partial charge on any atom is -0.382 e. The second-order valence-electron chi connectivity index (χ2n) is 5.55. The molecule has 0 aliphatic heterocycles. The van der Waals surface area contributed by atoms with Crippen molar-refractivity contribution in [2.24, 2.45) is 5.41 Å². The summed E-state index contributed by atoms with van der Waals surface area (Å²) < 4.78 is 10.4. The highest BCUT2D eigenvalue weighted by atomic mass is 16.5. The summed E-state index contributed by atoms with van der Waals surface area (Å²) in [5, 5.41) is 9.60. The number of nitrogens with zero attached hydrogens (tertiary/aromatic N) is 1. The molecule has 1 atom stereocenters. The van der Waals surface area contributed by atoms with E-state index in [4.69, 9.17) is 9.47 Å². The van der Waals surface area contributed by atoms with Gasteiger partial charge in [0.15, 0.2) is 0 Å². The van der Waals surface area contributed by atoms with E-state index in [2.05, 4.69) is 30.3 Å². The first kappa shape index (κ1) is 15.0. The summed E-state index contributed by atoms with van der Waals surface area (Å²) in [5.74, 6) is 0. The van der Waals surface area contributed by atoms with Gasteiger partial charge in [-0.3, -0.25) is 0 Å². The van der Waals surface area contributed by atoms with E-state index in [-0.39, 0.29) is 5.41 Å². The molecule has 3 heteroatoms. The Morgan fingerprint density at radius 3 is 2.75 bits per heavy atom. The van der Waals surface area contributed by atoms with Gasteiger partial charge < -0.3 is 9.47 Å². The molecular weight excluding hydrogens is 250 g/mol. The summed E-state index contributed by atoms with van der Waals surface area (Å²) in [7, 11) is 1.67. The van der Waals surface area contributed by atoms with E-state index >= 15 is 0 Å². The van der Waals surface area contributed by atoms with Crippen molar-refractivity contribution in [1.82, 2.24) is 0 Å². The van der Waals surface area contributed by atoms with Crippen LogP contribution in [0.1, 0.15) is 30.4 Å². The molecule has 1 aromatic rings. The van der Waals surface area contributed by atoms with Crippen molar-refractivity contribution in [2.45, 2.75) is 32.1 Å². The molecule has 0 saturated heterocycles. The van der Waals surface area contributed by atoms with Crippen LogP contribution in [0.3, 0.4) is 0 Å². The van der Waals surface area contributed by atoms with Gasteiger partial charge in [0, 0.05) is 13.7 Å². The van der Waals surface area contributed by atoms with Crippen LogP contribution >= 0.6 is 0 Å². The van der Waals surface area contributed by atoms with Crippen molar-refractivity contribution in [1.29, 1.82) is 5.26 Å². The molecule has 108 valence electrons. The Hall–Kier alpha value is -1.37. The number of rotatable bonds is 7. The quantitative estimate of drug-likeness (QED) is 0.717. The van der Waals surface area contributed by atoms with E-state index in [1.54, 1.807) is 7.11 Å². The molecule has 1 aromatic carbocycles. The van der Waals surface area contributed by atoms with Gasteiger partial charge in [-0.15, -0.1) is 0 Å². The Bertz CT molecular complexity index is 466. The molecule has 1 unspecified atom stereocenters. The van der Waals surface area contributed by atoms with Crippen LogP contribution in [0.25, 0.3) is 0 Å². The highest BCUT2D eigenvalue weighted by Gasteiger charge is 2.33. The minimum absolute atomic E-state index is 0.195. The maximum absolute atomic E-state index is 9.60. The normalized spacial score (nSPS) is 21.2. The number of nitriles is 1. The molecule has 0 spiro atoms. The summed E-state index contributed by atoms with van der Waals surface area (Å²) in [6.45, 7) is 1.99. The summed E-state index contributed by atoms with van der Waals surface area (Å²) in [4.78, 5) is 0. The lowest BCUT2D eigenvalue weighted by atomic mass is 9.70. The van der Waals surface area contributed by atoms with E-state index in [9.17, 15) is 5.26 Å². The van der Waals surface area contributed by atoms with Crippen LogP contribution in [0, 0.1) is 16.7 Å². The van der Waals surface area contributed by atoms with Crippen LogP contribution in [0.15, 0.2) is 24.3 Å². The fourth-order valence-corrected chi connectivity index (χ4v) is 2.92. The number of hydrogen-bond acceptors (Lipinski definition) is 3. The molecule has 1 aliphatic rings. The molecule has 3 nitrogen and oxygen atoms in total. The first-order valence-electron chi connectivity index (χ1n) is 7.34. The van der Waals surface area contributed by atoms with Crippen LogP contribution in [0.5, 0.6) is 0 Å². The average molecular weight is 273 g/mol. The van der Waals surface area contributed by atoms with Crippen LogP contribution in [-0.4, -0.2) is 26.9 Å². The van der Waals surface area contributed by atoms with Gasteiger partial charge in [-0.1, -0.05) is 24.3 Å². The van der Waals surface area contributed by atoms with Gasteiger partial charge in [-0.2, -0.15) is 5.26 Å². The van der Waals surface area contributed by atoms with Crippen molar-refractivity contribution in [3.05, 3.63) is 35.4 Å². The van der Waals surface area contributed by atoms with E-state index < -0.39 is 0 Å². The Kier molecular flexibility index (Phi) is 5.58. The third-order valence-corrected chi connectivity index (χ3v) is 4.13. The standard InChI is InChI=1S/C17H23NO2/c1-19-11-12-20-10-4-8-17(14-18)9-7-15-5-2-3-6-16(15)13-17/h2-3,5-6H,4,7-13H2,1H3. The zero-order valence-electron chi connectivity index (χ0n) is 12.2. The van der Waals surface area contributed by atoms with E-state index in [1.165, 1.54) is 11.1 Å². The molecule has 0 fully saturated rings. The second-order valence-corrected chi connectivity index (χ2v) is 5.55. The zero-order chi connectivity index (χ0) is 14.3. The van der Waals surface area contributed by atoms with Gasteiger partial charge in [0.25, 0.3) is 0 Å². The molecule has 0 amide bonds. The van der Waals surface area contributed by atoms with Gasteiger partial charge in [0.2, 0.25) is 0 Å². The number of ether oxygens (including phenoxy) is 2. The Morgan fingerprint density at radius 1 is 1.20 bits per heavy atom. The smallest absolute Gasteiger partial charge is 0.0700 e. The molecule has 1 aliphatic carbocycles. The number of aryl methyl sites for hydroxylation is 1. The Morgan fingerprint density at radius 2 is 2.00 bits per heavy atom. The van der Waals surface area contributed by atoms with Crippen molar-refractivity contribution in [3.63, 3.8) is 0 Å². The first-order valence-corrected chi connectivity index (χ1v) is 7.34. The molecule has 0 heterocycles.